The Morgan fingerprint density at radius 2 is 1.89 bits per heavy atom. The van der Waals surface area contributed by atoms with E-state index in [4.69, 9.17) is 0 Å². The van der Waals surface area contributed by atoms with Crippen LogP contribution in [0.1, 0.15) is 52.9 Å². The number of rotatable bonds is 3. The molecular formula is C15H25NO2S. The Morgan fingerprint density at radius 3 is 2.42 bits per heavy atom. The van der Waals surface area contributed by atoms with E-state index in [1.54, 1.807) is 6.92 Å². The molecule has 0 radical (unpaired) electrons. The molecule has 1 heterocycles. The molecule has 1 aliphatic heterocycles. The molecular weight excluding hydrogens is 258 g/mol. The summed E-state index contributed by atoms with van der Waals surface area (Å²) in [6.07, 6.45) is 5.33. The normalized spacial score (nSPS) is 32.1. The van der Waals surface area contributed by atoms with Crippen LogP contribution in [0, 0.1) is 11.8 Å². The molecule has 19 heavy (non-hydrogen) atoms. The van der Waals surface area contributed by atoms with Crippen molar-refractivity contribution >= 4 is 22.8 Å². The third kappa shape index (κ3) is 3.74. The predicted molar refractivity (Wildman–Crippen MR) is 79.0 cm³/mol. The van der Waals surface area contributed by atoms with Crippen LogP contribution in [0.4, 0.5) is 0 Å². The van der Waals surface area contributed by atoms with E-state index >= 15 is 0 Å². The van der Waals surface area contributed by atoms with Crippen molar-refractivity contribution in [2.75, 3.05) is 6.54 Å². The molecule has 0 spiro atoms. The second-order valence-electron chi connectivity index (χ2n) is 6.29. The summed E-state index contributed by atoms with van der Waals surface area (Å²) >= 11 is 1.34. The summed E-state index contributed by atoms with van der Waals surface area (Å²) < 4.78 is 0. The second kappa shape index (κ2) is 6.29. The van der Waals surface area contributed by atoms with Crippen molar-refractivity contribution in [2.24, 2.45) is 11.8 Å². The Hall–Kier alpha value is -0.510. The summed E-state index contributed by atoms with van der Waals surface area (Å²) in [4.78, 5) is 25.3. The molecule has 0 aromatic rings. The van der Waals surface area contributed by atoms with Gasteiger partial charge in [-0.25, -0.2) is 0 Å². The van der Waals surface area contributed by atoms with E-state index < -0.39 is 0 Å². The van der Waals surface area contributed by atoms with Crippen LogP contribution in [-0.2, 0) is 9.59 Å². The zero-order valence-electron chi connectivity index (χ0n) is 12.2. The quantitative estimate of drug-likeness (QED) is 0.799. The molecule has 1 atom stereocenters. The fraction of sp³-hybridized carbons (Fsp3) is 0.867. The largest absolute Gasteiger partial charge is 0.339 e. The molecule has 0 aromatic carbocycles. The van der Waals surface area contributed by atoms with Gasteiger partial charge < -0.3 is 4.90 Å². The van der Waals surface area contributed by atoms with Gasteiger partial charge in [0.25, 0.3) is 0 Å². The Bertz CT molecular complexity index is 348. The van der Waals surface area contributed by atoms with Gasteiger partial charge in [-0.1, -0.05) is 25.6 Å². The third-order valence-electron chi connectivity index (χ3n) is 4.58. The monoisotopic (exact) mass is 283 g/mol. The molecule has 1 unspecified atom stereocenters. The van der Waals surface area contributed by atoms with Crippen LogP contribution >= 0.6 is 11.8 Å². The fourth-order valence-electron chi connectivity index (χ4n) is 3.44. The Labute approximate surface area is 120 Å². The molecule has 1 saturated heterocycles. The SMILES string of the molecule is CC(=O)SC1CC(=O)N(C2CCC(C(C)C)CC2)C1. The minimum atomic E-state index is 0.128. The summed E-state index contributed by atoms with van der Waals surface area (Å²) in [6.45, 7) is 6.96. The van der Waals surface area contributed by atoms with Crippen molar-refractivity contribution in [3.05, 3.63) is 0 Å². The van der Waals surface area contributed by atoms with Gasteiger partial charge in [0.15, 0.2) is 5.12 Å². The van der Waals surface area contributed by atoms with Gasteiger partial charge in [0, 0.05) is 31.2 Å². The molecule has 1 saturated carbocycles. The van der Waals surface area contributed by atoms with Crippen molar-refractivity contribution in [3.8, 4) is 0 Å². The van der Waals surface area contributed by atoms with E-state index in [2.05, 4.69) is 18.7 Å². The summed E-state index contributed by atoms with van der Waals surface area (Å²) in [6, 6.07) is 0.431. The standard InChI is InChI=1S/C15H25NO2S/c1-10(2)12-4-6-13(7-5-12)16-9-14(8-15(16)18)19-11(3)17/h10,12-14H,4-9H2,1-3H3. The van der Waals surface area contributed by atoms with Gasteiger partial charge in [-0.05, 0) is 37.5 Å². The first-order valence-corrected chi connectivity index (χ1v) is 8.32. The maximum atomic E-state index is 12.1. The summed E-state index contributed by atoms with van der Waals surface area (Å²) in [5, 5.41) is 0.316. The summed E-state index contributed by atoms with van der Waals surface area (Å²) in [7, 11) is 0. The van der Waals surface area contributed by atoms with Crippen molar-refractivity contribution in [1.29, 1.82) is 0 Å². The molecule has 0 bridgehead atoms. The number of carbonyl (C=O) groups excluding carboxylic acids is 2. The number of hydrogen-bond donors (Lipinski definition) is 0. The summed E-state index contributed by atoms with van der Waals surface area (Å²) in [5.74, 6) is 1.85. The number of carbonyl (C=O) groups is 2. The molecule has 0 aromatic heterocycles. The van der Waals surface area contributed by atoms with Gasteiger partial charge >= 0.3 is 0 Å². The maximum Gasteiger partial charge on any atom is 0.224 e. The number of amides is 1. The molecule has 1 amide bonds. The zero-order valence-corrected chi connectivity index (χ0v) is 13.0. The van der Waals surface area contributed by atoms with E-state index in [-0.39, 0.29) is 16.3 Å². The number of hydrogen-bond acceptors (Lipinski definition) is 3. The van der Waals surface area contributed by atoms with Gasteiger partial charge in [-0.3, -0.25) is 9.59 Å². The van der Waals surface area contributed by atoms with E-state index in [0.717, 1.165) is 31.2 Å². The van der Waals surface area contributed by atoms with Gasteiger partial charge in [0.2, 0.25) is 5.91 Å². The van der Waals surface area contributed by atoms with Crippen molar-refractivity contribution in [2.45, 2.75) is 64.2 Å². The Kier molecular flexibility index (Phi) is 4.93. The third-order valence-corrected chi connectivity index (χ3v) is 5.56. The Balaban J connectivity index is 1.86. The molecule has 0 N–H and O–H groups in total. The highest BCUT2D eigenvalue weighted by molar-refractivity contribution is 8.14. The highest BCUT2D eigenvalue weighted by Crippen LogP contribution is 2.35. The van der Waals surface area contributed by atoms with Crippen molar-refractivity contribution in [1.82, 2.24) is 4.90 Å². The van der Waals surface area contributed by atoms with Crippen LogP contribution in [0.25, 0.3) is 0 Å². The number of thioether (sulfide) groups is 1. The van der Waals surface area contributed by atoms with Crippen LogP contribution in [0.2, 0.25) is 0 Å². The lowest BCUT2D eigenvalue weighted by atomic mass is 9.79. The molecule has 2 fully saturated rings. The van der Waals surface area contributed by atoms with Crippen molar-refractivity contribution < 1.29 is 9.59 Å². The van der Waals surface area contributed by atoms with Gasteiger partial charge in [0.1, 0.15) is 0 Å². The average molecular weight is 283 g/mol. The minimum Gasteiger partial charge on any atom is -0.339 e. The van der Waals surface area contributed by atoms with Crippen LogP contribution < -0.4 is 0 Å². The first-order chi connectivity index (χ1) is 8.97. The molecule has 108 valence electrons. The highest BCUT2D eigenvalue weighted by atomic mass is 32.2. The Morgan fingerprint density at radius 1 is 1.26 bits per heavy atom. The second-order valence-corrected chi connectivity index (χ2v) is 7.77. The average Bonchev–Trinajstić information content (AvgIpc) is 2.69. The van der Waals surface area contributed by atoms with Crippen LogP contribution in [0.3, 0.4) is 0 Å². The number of nitrogens with zero attached hydrogens (tertiary/aromatic N) is 1. The van der Waals surface area contributed by atoms with Gasteiger partial charge in [-0.2, -0.15) is 0 Å². The topological polar surface area (TPSA) is 37.4 Å². The van der Waals surface area contributed by atoms with E-state index in [1.807, 2.05) is 0 Å². The first kappa shape index (κ1) is 14.9. The van der Waals surface area contributed by atoms with Crippen LogP contribution in [0.15, 0.2) is 0 Å². The molecule has 2 aliphatic rings. The molecule has 4 heteroatoms. The smallest absolute Gasteiger partial charge is 0.224 e. The van der Waals surface area contributed by atoms with E-state index in [0.29, 0.717) is 12.5 Å². The van der Waals surface area contributed by atoms with Crippen molar-refractivity contribution in [3.63, 3.8) is 0 Å². The first-order valence-electron chi connectivity index (χ1n) is 7.44. The van der Waals surface area contributed by atoms with Gasteiger partial charge in [0.05, 0.1) is 0 Å². The predicted octanol–water partition coefficient (Wildman–Crippen LogP) is 3.08. The van der Waals surface area contributed by atoms with Crippen LogP contribution in [-0.4, -0.2) is 33.8 Å². The molecule has 1 aliphatic carbocycles. The highest BCUT2D eigenvalue weighted by Gasteiger charge is 2.37. The fourth-order valence-corrected chi connectivity index (χ4v) is 4.37. The lowest BCUT2D eigenvalue weighted by Crippen LogP contribution is -2.39. The lowest BCUT2D eigenvalue weighted by molar-refractivity contribution is -0.130. The van der Waals surface area contributed by atoms with Crippen LogP contribution in [0.5, 0.6) is 0 Å². The molecule has 3 nitrogen and oxygen atoms in total. The van der Waals surface area contributed by atoms with E-state index in [9.17, 15) is 9.59 Å². The maximum absolute atomic E-state index is 12.1. The molecule has 2 rings (SSSR count). The zero-order chi connectivity index (χ0) is 14.0. The number of likely N-dealkylation sites (tertiary alicyclic amines) is 1. The van der Waals surface area contributed by atoms with E-state index in [1.165, 1.54) is 24.6 Å². The minimum absolute atomic E-state index is 0.128. The summed E-state index contributed by atoms with van der Waals surface area (Å²) in [5.41, 5.74) is 0. The van der Waals surface area contributed by atoms with Gasteiger partial charge in [-0.15, -0.1) is 0 Å². The lowest BCUT2D eigenvalue weighted by Gasteiger charge is -2.36.